The zero-order chi connectivity index (χ0) is 34.0. The Bertz CT molecular complexity index is 576. The molecule has 0 spiro atoms. The standard InChI is InChI=1S/C26H52O2.C16H32O2/c1-3-5-7-9-11-13-14-15-16-17-18-20-22-24-26(27)28-25-23-21-19-12-10-8-6-4-2;1-2-3-4-5-6-7-8-9-10-11-12-13-14-15-16(17)18/h3-25H2,1-2H3;2-15H2,1H3,(H,17,18). The number of ether oxygens (including phenoxy) is 1. The average Bonchev–Trinajstić information content (AvgIpc) is 3.05. The summed E-state index contributed by atoms with van der Waals surface area (Å²) in [5.74, 6) is -0.635. The van der Waals surface area contributed by atoms with Crippen molar-refractivity contribution in [3.63, 3.8) is 0 Å². The third-order valence-corrected chi connectivity index (χ3v) is 9.24. The molecule has 0 aromatic rings. The van der Waals surface area contributed by atoms with Crippen LogP contribution < -0.4 is 0 Å². The van der Waals surface area contributed by atoms with Gasteiger partial charge in [0.25, 0.3) is 0 Å². The molecule has 46 heavy (non-hydrogen) atoms. The van der Waals surface area contributed by atoms with Gasteiger partial charge in [-0.2, -0.15) is 0 Å². The zero-order valence-corrected chi connectivity index (χ0v) is 31.8. The lowest BCUT2D eigenvalue weighted by Gasteiger charge is -2.05. The van der Waals surface area contributed by atoms with Crippen molar-refractivity contribution < 1.29 is 19.4 Å². The highest BCUT2D eigenvalue weighted by Gasteiger charge is 2.03. The molecule has 0 saturated heterocycles. The van der Waals surface area contributed by atoms with Gasteiger partial charge in [-0.05, 0) is 19.3 Å². The van der Waals surface area contributed by atoms with Gasteiger partial charge in [0.1, 0.15) is 0 Å². The van der Waals surface area contributed by atoms with Crippen molar-refractivity contribution in [3.05, 3.63) is 0 Å². The molecule has 0 saturated carbocycles. The normalized spacial score (nSPS) is 10.9. The van der Waals surface area contributed by atoms with Crippen LogP contribution in [0.4, 0.5) is 0 Å². The van der Waals surface area contributed by atoms with E-state index < -0.39 is 5.97 Å². The highest BCUT2D eigenvalue weighted by atomic mass is 16.5. The number of esters is 1. The Kier molecular flexibility index (Phi) is 45.0. The van der Waals surface area contributed by atoms with Crippen LogP contribution in [0.5, 0.6) is 0 Å². The van der Waals surface area contributed by atoms with Gasteiger partial charge in [-0.15, -0.1) is 0 Å². The lowest BCUT2D eigenvalue weighted by atomic mass is 10.0. The van der Waals surface area contributed by atoms with E-state index in [-0.39, 0.29) is 5.97 Å². The van der Waals surface area contributed by atoms with Crippen LogP contribution in [0.25, 0.3) is 0 Å². The number of carboxylic acids is 1. The third kappa shape index (κ3) is 47.3. The lowest BCUT2D eigenvalue weighted by Crippen LogP contribution is -2.05. The minimum Gasteiger partial charge on any atom is -0.481 e. The number of aliphatic carboxylic acids is 1. The predicted octanol–water partition coefficient (Wildman–Crippen LogP) is 14.7. The van der Waals surface area contributed by atoms with Crippen molar-refractivity contribution in [1.82, 2.24) is 0 Å². The number of hydrogen-bond acceptors (Lipinski definition) is 3. The topological polar surface area (TPSA) is 63.6 Å². The number of carboxylic acid groups (broad SMARTS) is 1. The first kappa shape index (κ1) is 47.1. The zero-order valence-electron chi connectivity index (χ0n) is 31.8. The molecule has 0 rings (SSSR count). The lowest BCUT2D eigenvalue weighted by molar-refractivity contribution is -0.144. The summed E-state index contributed by atoms with van der Waals surface area (Å²) in [4.78, 5) is 22.0. The van der Waals surface area contributed by atoms with E-state index in [1.54, 1.807) is 0 Å². The van der Waals surface area contributed by atoms with Gasteiger partial charge in [-0.25, -0.2) is 0 Å². The molecule has 0 aromatic carbocycles. The second kappa shape index (κ2) is 43.9. The Morgan fingerprint density at radius 3 is 0.870 bits per heavy atom. The quantitative estimate of drug-likeness (QED) is 0.0536. The molecular formula is C42H84O4. The van der Waals surface area contributed by atoms with Crippen molar-refractivity contribution >= 4 is 11.9 Å². The smallest absolute Gasteiger partial charge is 0.305 e. The van der Waals surface area contributed by atoms with Crippen LogP contribution in [-0.4, -0.2) is 23.7 Å². The van der Waals surface area contributed by atoms with E-state index in [9.17, 15) is 9.59 Å². The van der Waals surface area contributed by atoms with Gasteiger partial charge in [0, 0.05) is 12.8 Å². The molecule has 0 aliphatic carbocycles. The molecule has 0 atom stereocenters. The number of hydrogen-bond donors (Lipinski definition) is 1. The summed E-state index contributed by atoms with van der Waals surface area (Å²) in [6, 6.07) is 0. The molecule has 0 amide bonds. The number of unbranched alkanes of at least 4 members (excludes halogenated alkanes) is 31. The SMILES string of the molecule is CCCCCCCCCCCCCCCC(=O)O.CCCCCCCCCCCCCCCC(=O)OCCCCCCCCCC. The summed E-state index contributed by atoms with van der Waals surface area (Å²) >= 11 is 0. The Morgan fingerprint density at radius 2 is 0.587 bits per heavy atom. The van der Waals surface area contributed by atoms with E-state index in [2.05, 4.69) is 20.8 Å². The van der Waals surface area contributed by atoms with Crippen LogP contribution >= 0.6 is 0 Å². The minimum absolute atomic E-state index is 0.0195. The first-order valence-electron chi connectivity index (χ1n) is 21.0. The second-order valence-corrected chi connectivity index (χ2v) is 14.1. The molecule has 1 N–H and O–H groups in total. The van der Waals surface area contributed by atoms with Gasteiger partial charge in [0.2, 0.25) is 0 Å². The summed E-state index contributed by atoms with van der Waals surface area (Å²) < 4.78 is 5.36. The van der Waals surface area contributed by atoms with E-state index in [0.29, 0.717) is 19.4 Å². The summed E-state index contributed by atoms with van der Waals surface area (Å²) in [5, 5.41) is 8.49. The van der Waals surface area contributed by atoms with Gasteiger partial charge in [-0.1, -0.05) is 220 Å². The maximum Gasteiger partial charge on any atom is 0.305 e. The van der Waals surface area contributed by atoms with Crippen molar-refractivity contribution in [1.29, 1.82) is 0 Å². The van der Waals surface area contributed by atoms with E-state index in [0.717, 1.165) is 25.7 Å². The molecule has 4 nitrogen and oxygen atoms in total. The molecule has 0 fully saturated rings. The first-order chi connectivity index (χ1) is 22.6. The fourth-order valence-electron chi connectivity index (χ4n) is 6.08. The molecule has 276 valence electrons. The number of carbonyl (C=O) groups excluding carboxylic acids is 1. The van der Waals surface area contributed by atoms with Crippen molar-refractivity contribution in [2.45, 2.75) is 252 Å². The summed E-state index contributed by atoms with van der Waals surface area (Å²) in [6.45, 7) is 7.43. The fraction of sp³-hybridized carbons (Fsp3) is 0.952. The highest BCUT2D eigenvalue weighted by Crippen LogP contribution is 2.15. The molecule has 4 heteroatoms. The minimum atomic E-state index is -0.655. The van der Waals surface area contributed by atoms with E-state index in [1.165, 1.54) is 193 Å². The Morgan fingerprint density at radius 1 is 0.348 bits per heavy atom. The molecular weight excluding hydrogens is 568 g/mol. The maximum absolute atomic E-state index is 11.7. The predicted molar refractivity (Wildman–Crippen MR) is 202 cm³/mol. The monoisotopic (exact) mass is 653 g/mol. The molecule has 0 heterocycles. The van der Waals surface area contributed by atoms with E-state index in [1.807, 2.05) is 0 Å². The largest absolute Gasteiger partial charge is 0.481 e. The van der Waals surface area contributed by atoms with Gasteiger partial charge in [-0.3, -0.25) is 9.59 Å². The van der Waals surface area contributed by atoms with E-state index in [4.69, 9.17) is 9.84 Å². The van der Waals surface area contributed by atoms with Crippen molar-refractivity contribution in [3.8, 4) is 0 Å². The van der Waals surface area contributed by atoms with Crippen molar-refractivity contribution in [2.24, 2.45) is 0 Å². The molecule has 0 unspecified atom stereocenters. The molecule has 0 aromatic heterocycles. The molecule has 0 bridgehead atoms. The third-order valence-electron chi connectivity index (χ3n) is 9.24. The van der Waals surface area contributed by atoms with Gasteiger partial charge in [0.15, 0.2) is 0 Å². The van der Waals surface area contributed by atoms with Gasteiger partial charge >= 0.3 is 11.9 Å². The Labute approximate surface area is 289 Å². The Balaban J connectivity index is 0. The summed E-state index contributed by atoms with van der Waals surface area (Å²) in [5.41, 5.74) is 0. The fourth-order valence-corrected chi connectivity index (χ4v) is 6.08. The maximum atomic E-state index is 11.7. The molecule has 0 radical (unpaired) electrons. The van der Waals surface area contributed by atoms with Crippen LogP contribution in [0.3, 0.4) is 0 Å². The van der Waals surface area contributed by atoms with Gasteiger partial charge in [0.05, 0.1) is 6.61 Å². The van der Waals surface area contributed by atoms with Crippen LogP contribution in [0, 0.1) is 0 Å². The van der Waals surface area contributed by atoms with Crippen molar-refractivity contribution in [2.75, 3.05) is 6.61 Å². The number of rotatable bonds is 37. The average molecular weight is 653 g/mol. The highest BCUT2D eigenvalue weighted by molar-refractivity contribution is 5.69. The summed E-state index contributed by atoms with van der Waals surface area (Å²) in [6.07, 6.45) is 45.7. The van der Waals surface area contributed by atoms with Crippen LogP contribution in [0.2, 0.25) is 0 Å². The van der Waals surface area contributed by atoms with E-state index >= 15 is 0 Å². The first-order valence-corrected chi connectivity index (χ1v) is 21.0. The van der Waals surface area contributed by atoms with Crippen LogP contribution in [0.15, 0.2) is 0 Å². The van der Waals surface area contributed by atoms with Crippen LogP contribution in [-0.2, 0) is 14.3 Å². The number of carbonyl (C=O) groups is 2. The second-order valence-electron chi connectivity index (χ2n) is 14.1. The summed E-state index contributed by atoms with van der Waals surface area (Å²) in [7, 11) is 0. The Hall–Kier alpha value is -1.06. The van der Waals surface area contributed by atoms with Gasteiger partial charge < -0.3 is 9.84 Å². The molecule has 0 aliphatic rings. The molecule has 0 aliphatic heterocycles. The van der Waals surface area contributed by atoms with Crippen LogP contribution in [0.1, 0.15) is 252 Å².